The van der Waals surface area contributed by atoms with Gasteiger partial charge in [0.15, 0.2) is 0 Å². The molecule has 0 aliphatic carbocycles. The Kier molecular flexibility index (Phi) is 5.22. The Balaban J connectivity index is 1.74. The van der Waals surface area contributed by atoms with Crippen molar-refractivity contribution in [3.8, 4) is 0 Å². The van der Waals surface area contributed by atoms with E-state index in [0.29, 0.717) is 24.5 Å². The van der Waals surface area contributed by atoms with Crippen LogP contribution in [-0.2, 0) is 0 Å². The van der Waals surface area contributed by atoms with E-state index >= 15 is 0 Å². The molecule has 1 N–H and O–H groups in total. The fourth-order valence-electron chi connectivity index (χ4n) is 4.04. The van der Waals surface area contributed by atoms with E-state index in [1.165, 1.54) is 11.3 Å². The van der Waals surface area contributed by atoms with Gasteiger partial charge >= 0.3 is 0 Å². The maximum Gasteiger partial charge on any atom is 0.264 e. The van der Waals surface area contributed by atoms with Gasteiger partial charge in [-0.1, -0.05) is 19.4 Å². The van der Waals surface area contributed by atoms with Gasteiger partial charge in [-0.3, -0.25) is 9.69 Å². The Morgan fingerprint density at radius 2 is 2.29 bits per heavy atom. The minimum Gasteiger partial charge on any atom is -0.394 e. The molecule has 1 amide bonds. The number of nitrogens with zero attached hydrogens (tertiary/aromatic N) is 2. The second kappa shape index (κ2) is 7.06. The Morgan fingerprint density at radius 1 is 1.50 bits per heavy atom. The highest BCUT2D eigenvalue weighted by molar-refractivity contribution is 7.12. The zero-order valence-electron chi connectivity index (χ0n) is 13.8. The molecule has 1 aromatic rings. The normalized spacial score (nSPS) is 30.2. The van der Waals surface area contributed by atoms with E-state index < -0.39 is 5.92 Å². The summed E-state index contributed by atoms with van der Waals surface area (Å²) >= 11 is 1.39. The summed E-state index contributed by atoms with van der Waals surface area (Å²) in [4.78, 5) is 16.9. The zero-order valence-corrected chi connectivity index (χ0v) is 14.6. The number of rotatable bonds is 5. The molecule has 2 aliphatic heterocycles. The maximum absolute atomic E-state index is 13.5. The first-order valence-electron chi connectivity index (χ1n) is 8.50. The highest BCUT2D eigenvalue weighted by Crippen LogP contribution is 2.36. The van der Waals surface area contributed by atoms with Crippen LogP contribution in [0.5, 0.6) is 0 Å². The molecular formula is C17H24F2N2O2S. The fraction of sp³-hybridized carbons (Fsp3) is 0.706. The van der Waals surface area contributed by atoms with E-state index in [2.05, 4.69) is 6.92 Å². The predicted molar refractivity (Wildman–Crippen MR) is 89.5 cm³/mol. The summed E-state index contributed by atoms with van der Waals surface area (Å²) in [5, 5.41) is 11.7. The van der Waals surface area contributed by atoms with Gasteiger partial charge in [-0.05, 0) is 23.3 Å². The monoisotopic (exact) mass is 358 g/mol. The summed E-state index contributed by atoms with van der Waals surface area (Å²) in [6, 6.07) is 3.33. The summed E-state index contributed by atoms with van der Waals surface area (Å²) in [6.45, 7) is 3.22. The molecular weight excluding hydrogens is 334 g/mol. The van der Waals surface area contributed by atoms with Crippen LogP contribution in [0.25, 0.3) is 0 Å². The second-order valence-corrected chi connectivity index (χ2v) is 7.81. The molecule has 0 unspecified atom stereocenters. The second-order valence-electron chi connectivity index (χ2n) is 6.86. The van der Waals surface area contributed by atoms with Crippen LogP contribution >= 0.6 is 11.3 Å². The number of alkyl halides is 2. The third kappa shape index (κ3) is 3.48. The van der Waals surface area contributed by atoms with Crippen molar-refractivity contribution in [1.29, 1.82) is 0 Å². The summed E-state index contributed by atoms with van der Waals surface area (Å²) in [7, 11) is 0. The molecule has 24 heavy (non-hydrogen) atoms. The molecule has 0 aromatic carbocycles. The lowest BCUT2D eigenvalue weighted by Gasteiger charge is -2.29. The van der Waals surface area contributed by atoms with Crippen molar-refractivity contribution in [1.82, 2.24) is 9.80 Å². The average Bonchev–Trinajstić information content (AvgIpc) is 3.25. The highest BCUT2D eigenvalue weighted by atomic mass is 32.1. The minimum atomic E-state index is -2.61. The van der Waals surface area contributed by atoms with Gasteiger partial charge in [0.25, 0.3) is 11.8 Å². The Hall–Kier alpha value is -1.05. The minimum absolute atomic E-state index is 0.0396. The van der Waals surface area contributed by atoms with Crippen molar-refractivity contribution in [2.24, 2.45) is 11.8 Å². The number of likely N-dealkylation sites (tertiary alicyclic amines) is 2. The van der Waals surface area contributed by atoms with Crippen molar-refractivity contribution in [3.05, 3.63) is 22.4 Å². The molecule has 3 rings (SSSR count). The van der Waals surface area contributed by atoms with Crippen molar-refractivity contribution in [3.63, 3.8) is 0 Å². The quantitative estimate of drug-likeness (QED) is 0.880. The van der Waals surface area contributed by atoms with Crippen molar-refractivity contribution in [2.45, 2.75) is 31.7 Å². The van der Waals surface area contributed by atoms with Crippen LogP contribution in [0.15, 0.2) is 17.5 Å². The van der Waals surface area contributed by atoms with E-state index in [-0.39, 0.29) is 43.4 Å². The first kappa shape index (κ1) is 17.8. The SMILES string of the molecule is CC[C@@H]1CN(C(=O)c2cccs2)[C@H](CO)[C@@H]1CN1CCC(F)(F)C1. The van der Waals surface area contributed by atoms with Gasteiger partial charge in [-0.25, -0.2) is 8.78 Å². The van der Waals surface area contributed by atoms with Crippen LogP contribution in [-0.4, -0.2) is 65.6 Å². The molecule has 2 saturated heterocycles. The Bertz CT molecular complexity index is 567. The number of carbonyl (C=O) groups is 1. The van der Waals surface area contributed by atoms with Gasteiger partial charge < -0.3 is 10.0 Å². The van der Waals surface area contributed by atoms with E-state index in [1.807, 2.05) is 11.4 Å². The number of hydrogen-bond acceptors (Lipinski definition) is 4. The number of amides is 1. The molecule has 4 nitrogen and oxygen atoms in total. The van der Waals surface area contributed by atoms with Crippen LogP contribution in [0.2, 0.25) is 0 Å². The van der Waals surface area contributed by atoms with Gasteiger partial charge in [0.1, 0.15) is 0 Å². The molecule has 3 atom stereocenters. The molecule has 0 spiro atoms. The van der Waals surface area contributed by atoms with E-state index in [4.69, 9.17) is 0 Å². The third-order valence-electron chi connectivity index (χ3n) is 5.35. The van der Waals surface area contributed by atoms with Gasteiger partial charge in [0.2, 0.25) is 0 Å². The fourth-order valence-corrected chi connectivity index (χ4v) is 4.72. The van der Waals surface area contributed by atoms with Gasteiger partial charge in [-0.15, -0.1) is 11.3 Å². The molecule has 2 aliphatic rings. The van der Waals surface area contributed by atoms with E-state index in [0.717, 1.165) is 6.42 Å². The maximum atomic E-state index is 13.5. The summed E-state index contributed by atoms with van der Waals surface area (Å²) in [5.74, 6) is -2.39. The molecule has 0 radical (unpaired) electrons. The third-order valence-corrected chi connectivity index (χ3v) is 6.21. The number of thiophene rings is 1. The molecule has 134 valence electrons. The van der Waals surface area contributed by atoms with E-state index in [9.17, 15) is 18.7 Å². The number of aliphatic hydroxyl groups excluding tert-OH is 1. The van der Waals surface area contributed by atoms with Gasteiger partial charge in [0.05, 0.1) is 24.1 Å². The van der Waals surface area contributed by atoms with Crippen LogP contribution in [0, 0.1) is 11.8 Å². The van der Waals surface area contributed by atoms with Gasteiger partial charge in [-0.2, -0.15) is 0 Å². The largest absolute Gasteiger partial charge is 0.394 e. The highest BCUT2D eigenvalue weighted by Gasteiger charge is 2.46. The molecule has 0 saturated carbocycles. The lowest BCUT2D eigenvalue weighted by molar-refractivity contribution is 0.00886. The number of aliphatic hydroxyl groups is 1. The summed E-state index contributed by atoms with van der Waals surface area (Å²) in [6.07, 6.45) is 0.776. The lowest BCUT2D eigenvalue weighted by atomic mass is 9.88. The molecule has 2 fully saturated rings. The first-order valence-corrected chi connectivity index (χ1v) is 9.38. The zero-order chi connectivity index (χ0) is 17.3. The number of hydrogen-bond donors (Lipinski definition) is 1. The molecule has 7 heteroatoms. The predicted octanol–water partition coefficient (Wildman–Crippen LogP) is 2.55. The topological polar surface area (TPSA) is 43.8 Å². The average molecular weight is 358 g/mol. The van der Waals surface area contributed by atoms with Crippen molar-refractivity contribution < 1.29 is 18.7 Å². The van der Waals surface area contributed by atoms with Crippen molar-refractivity contribution in [2.75, 3.05) is 32.8 Å². The van der Waals surface area contributed by atoms with Crippen LogP contribution in [0.4, 0.5) is 8.78 Å². The number of halogens is 2. The van der Waals surface area contributed by atoms with E-state index in [1.54, 1.807) is 15.9 Å². The van der Waals surface area contributed by atoms with Gasteiger partial charge in [0, 0.05) is 26.1 Å². The number of carbonyl (C=O) groups excluding carboxylic acids is 1. The van der Waals surface area contributed by atoms with Crippen molar-refractivity contribution >= 4 is 17.2 Å². The first-order chi connectivity index (χ1) is 11.4. The molecule has 1 aromatic heterocycles. The van der Waals surface area contributed by atoms with Crippen LogP contribution in [0.3, 0.4) is 0 Å². The standard InChI is InChI=1S/C17H24F2N2O2S/c1-2-12-8-21(16(23)15-4-3-7-24-15)14(10-22)13(12)9-20-6-5-17(18,19)11-20/h3-4,7,12-14,22H,2,5-6,8-11H2,1H3/t12-,13-,14-/m1/s1. The smallest absolute Gasteiger partial charge is 0.264 e. The summed E-state index contributed by atoms with van der Waals surface area (Å²) < 4.78 is 26.9. The lowest BCUT2D eigenvalue weighted by Crippen LogP contribution is -2.43. The molecule has 0 bridgehead atoms. The van der Waals surface area contributed by atoms with Crippen LogP contribution < -0.4 is 0 Å². The Labute approximate surface area is 145 Å². The summed E-state index contributed by atoms with van der Waals surface area (Å²) in [5.41, 5.74) is 0. The molecule has 3 heterocycles. The Morgan fingerprint density at radius 3 is 2.83 bits per heavy atom. The van der Waals surface area contributed by atoms with Crippen LogP contribution in [0.1, 0.15) is 29.4 Å².